The van der Waals surface area contributed by atoms with Crippen LogP contribution in [0.5, 0.6) is 11.5 Å². The molecule has 5 rings (SSSR count). The summed E-state index contributed by atoms with van der Waals surface area (Å²) in [4.78, 5) is 0. The lowest BCUT2D eigenvalue weighted by atomic mass is 9.96. The van der Waals surface area contributed by atoms with Gasteiger partial charge in [-0.15, -0.1) is 0 Å². The predicted octanol–water partition coefficient (Wildman–Crippen LogP) is 6.77. The first-order chi connectivity index (χ1) is 15.1. The average Bonchev–Trinajstić information content (AvgIpc) is 3.21. The molecule has 158 valence electrons. The highest BCUT2D eigenvalue weighted by atomic mass is 35.5. The SMILES string of the molecule is CCOc1ccc(C2=NN3C(C2)c2ccccc2OC3c2c(F)cccc2Cl)cc1Cl. The van der Waals surface area contributed by atoms with E-state index < -0.39 is 12.0 Å². The number of benzene rings is 3. The molecule has 0 radical (unpaired) electrons. The third-order valence-electron chi connectivity index (χ3n) is 5.51. The van der Waals surface area contributed by atoms with Crippen LogP contribution in [-0.4, -0.2) is 17.3 Å². The van der Waals surface area contributed by atoms with Gasteiger partial charge in [0.15, 0.2) is 0 Å². The largest absolute Gasteiger partial charge is 0.492 e. The standard InChI is InChI=1S/C24H19Cl2FN2O2/c1-2-30-22-11-10-14(12-17(22)26)19-13-20-15-6-3-4-9-21(15)31-24(29(20)28-19)23-16(25)7-5-8-18(23)27/h3-12,20,24H,2,13H2,1H3. The van der Waals surface area contributed by atoms with Gasteiger partial charge in [-0.1, -0.05) is 47.5 Å². The van der Waals surface area contributed by atoms with Gasteiger partial charge in [-0.2, -0.15) is 5.10 Å². The van der Waals surface area contributed by atoms with Gasteiger partial charge < -0.3 is 9.47 Å². The number of halogens is 3. The molecule has 0 amide bonds. The Hall–Kier alpha value is -2.76. The summed E-state index contributed by atoms with van der Waals surface area (Å²) in [5.41, 5.74) is 3.01. The molecule has 3 aromatic rings. The maximum atomic E-state index is 14.8. The molecule has 0 fully saturated rings. The maximum absolute atomic E-state index is 14.8. The van der Waals surface area contributed by atoms with E-state index in [1.165, 1.54) is 6.07 Å². The lowest BCUT2D eigenvalue weighted by molar-refractivity contribution is -0.0211. The minimum absolute atomic E-state index is 0.106. The van der Waals surface area contributed by atoms with E-state index in [1.807, 2.05) is 49.4 Å². The van der Waals surface area contributed by atoms with Gasteiger partial charge >= 0.3 is 0 Å². The quantitative estimate of drug-likeness (QED) is 0.434. The molecule has 2 aliphatic heterocycles. The van der Waals surface area contributed by atoms with Crippen LogP contribution in [0.4, 0.5) is 4.39 Å². The normalized spacial score (nSPS) is 19.4. The fraction of sp³-hybridized carbons (Fsp3) is 0.208. The second-order valence-electron chi connectivity index (χ2n) is 7.37. The van der Waals surface area contributed by atoms with Gasteiger partial charge in [0.05, 0.1) is 34.0 Å². The topological polar surface area (TPSA) is 34.1 Å². The molecule has 2 aliphatic rings. The van der Waals surface area contributed by atoms with Gasteiger partial charge in [-0.3, -0.25) is 0 Å². The number of hydrazone groups is 1. The van der Waals surface area contributed by atoms with Gasteiger partial charge in [-0.05, 0) is 48.9 Å². The monoisotopic (exact) mass is 456 g/mol. The molecule has 0 N–H and O–H groups in total. The maximum Gasteiger partial charge on any atom is 0.218 e. The average molecular weight is 457 g/mol. The van der Waals surface area contributed by atoms with Crippen molar-refractivity contribution in [3.05, 3.63) is 93.2 Å². The number of hydrogen-bond donors (Lipinski definition) is 0. The summed E-state index contributed by atoms with van der Waals surface area (Å²) in [6.45, 7) is 2.45. The van der Waals surface area contributed by atoms with Crippen LogP contribution in [0.3, 0.4) is 0 Å². The van der Waals surface area contributed by atoms with Crippen molar-refractivity contribution in [3.63, 3.8) is 0 Å². The molecule has 31 heavy (non-hydrogen) atoms. The number of nitrogens with zero attached hydrogens (tertiary/aromatic N) is 2. The third kappa shape index (κ3) is 3.52. The second-order valence-corrected chi connectivity index (χ2v) is 8.18. The van der Waals surface area contributed by atoms with Crippen LogP contribution < -0.4 is 9.47 Å². The summed E-state index contributed by atoms with van der Waals surface area (Å²) in [6, 6.07) is 17.9. The molecule has 2 heterocycles. The van der Waals surface area contributed by atoms with Crippen molar-refractivity contribution in [2.75, 3.05) is 6.61 Å². The Morgan fingerprint density at radius 2 is 1.94 bits per heavy atom. The molecule has 2 unspecified atom stereocenters. The lowest BCUT2D eigenvalue weighted by Gasteiger charge is -2.38. The van der Waals surface area contributed by atoms with Gasteiger partial charge in [0.2, 0.25) is 6.23 Å². The van der Waals surface area contributed by atoms with Crippen molar-refractivity contribution < 1.29 is 13.9 Å². The zero-order chi connectivity index (χ0) is 21.5. The molecule has 2 atom stereocenters. The molecular weight excluding hydrogens is 438 g/mol. The van der Waals surface area contributed by atoms with Crippen molar-refractivity contribution in [1.82, 2.24) is 5.01 Å². The number of para-hydroxylation sites is 1. The Morgan fingerprint density at radius 3 is 2.71 bits per heavy atom. The smallest absolute Gasteiger partial charge is 0.218 e. The van der Waals surface area contributed by atoms with Crippen LogP contribution in [0.2, 0.25) is 10.0 Å². The fourth-order valence-electron chi connectivity index (χ4n) is 4.10. The number of ether oxygens (including phenoxy) is 2. The van der Waals surface area contributed by atoms with Crippen LogP contribution in [0.1, 0.15) is 42.3 Å². The Labute approximate surface area is 189 Å². The molecular formula is C24H19Cl2FN2O2. The summed E-state index contributed by atoms with van der Waals surface area (Å²) in [6.07, 6.45) is -0.142. The Morgan fingerprint density at radius 1 is 1.10 bits per heavy atom. The van der Waals surface area contributed by atoms with Gasteiger partial charge in [0, 0.05) is 12.0 Å². The van der Waals surface area contributed by atoms with E-state index in [-0.39, 0.29) is 11.6 Å². The van der Waals surface area contributed by atoms with Gasteiger partial charge in [0.25, 0.3) is 0 Å². The summed E-state index contributed by atoms with van der Waals surface area (Å²) < 4.78 is 26.5. The first kappa shape index (κ1) is 20.2. The number of hydrogen-bond acceptors (Lipinski definition) is 4. The van der Waals surface area contributed by atoms with Crippen LogP contribution >= 0.6 is 23.2 Å². The highest BCUT2D eigenvalue weighted by Crippen LogP contribution is 2.49. The number of rotatable bonds is 4. The summed E-state index contributed by atoms with van der Waals surface area (Å²) in [7, 11) is 0. The van der Waals surface area contributed by atoms with E-state index in [1.54, 1.807) is 17.1 Å². The van der Waals surface area contributed by atoms with E-state index in [2.05, 4.69) is 0 Å². The predicted molar refractivity (Wildman–Crippen MR) is 120 cm³/mol. The lowest BCUT2D eigenvalue weighted by Crippen LogP contribution is -2.34. The molecule has 0 aromatic heterocycles. The van der Waals surface area contributed by atoms with Crippen LogP contribution in [0, 0.1) is 5.82 Å². The van der Waals surface area contributed by atoms with Crippen molar-refractivity contribution in [1.29, 1.82) is 0 Å². The molecule has 7 heteroatoms. The van der Waals surface area contributed by atoms with E-state index in [0.29, 0.717) is 34.6 Å². The molecule has 0 aliphatic carbocycles. The van der Waals surface area contributed by atoms with E-state index >= 15 is 0 Å². The molecule has 4 nitrogen and oxygen atoms in total. The van der Waals surface area contributed by atoms with Gasteiger partial charge in [-0.25, -0.2) is 9.40 Å². The Balaban J connectivity index is 1.59. The zero-order valence-electron chi connectivity index (χ0n) is 16.7. The minimum atomic E-state index is -0.774. The Kier molecular flexibility index (Phi) is 5.24. The highest BCUT2D eigenvalue weighted by molar-refractivity contribution is 6.32. The van der Waals surface area contributed by atoms with Crippen molar-refractivity contribution in [2.24, 2.45) is 5.10 Å². The second kappa shape index (κ2) is 8.06. The van der Waals surface area contributed by atoms with Crippen molar-refractivity contribution in [3.8, 4) is 11.5 Å². The van der Waals surface area contributed by atoms with Crippen LogP contribution in [0.15, 0.2) is 65.8 Å². The zero-order valence-corrected chi connectivity index (χ0v) is 18.2. The summed E-state index contributed by atoms with van der Waals surface area (Å²) in [5.74, 6) is 0.909. The van der Waals surface area contributed by atoms with Crippen molar-refractivity contribution >= 4 is 28.9 Å². The summed E-state index contributed by atoms with van der Waals surface area (Å²) >= 11 is 12.8. The Bertz CT molecular complexity index is 1160. The molecule has 0 saturated carbocycles. The van der Waals surface area contributed by atoms with E-state index in [9.17, 15) is 4.39 Å². The number of fused-ring (bicyclic) bond motifs is 3. The minimum Gasteiger partial charge on any atom is -0.492 e. The molecule has 0 bridgehead atoms. The van der Waals surface area contributed by atoms with E-state index in [4.69, 9.17) is 37.8 Å². The highest BCUT2D eigenvalue weighted by Gasteiger charge is 2.42. The fourth-order valence-corrected chi connectivity index (χ4v) is 4.59. The first-order valence-electron chi connectivity index (χ1n) is 10.0. The summed E-state index contributed by atoms with van der Waals surface area (Å²) in [5, 5.41) is 7.46. The van der Waals surface area contributed by atoms with Crippen LogP contribution in [0.25, 0.3) is 0 Å². The van der Waals surface area contributed by atoms with E-state index in [0.717, 1.165) is 16.8 Å². The van der Waals surface area contributed by atoms with Gasteiger partial charge in [0.1, 0.15) is 17.3 Å². The van der Waals surface area contributed by atoms with Crippen LogP contribution in [-0.2, 0) is 0 Å². The van der Waals surface area contributed by atoms with Crippen molar-refractivity contribution in [2.45, 2.75) is 25.6 Å². The molecule has 0 saturated heterocycles. The first-order valence-corrected chi connectivity index (χ1v) is 10.8. The molecule has 0 spiro atoms. The third-order valence-corrected chi connectivity index (χ3v) is 6.14. The molecule has 3 aromatic carbocycles.